The number of hydrogen-bond donors (Lipinski definition) is 1. The van der Waals surface area contributed by atoms with E-state index < -0.39 is 10.8 Å². The van der Waals surface area contributed by atoms with Crippen molar-refractivity contribution in [1.29, 1.82) is 0 Å². The number of piperazine rings is 1. The summed E-state index contributed by atoms with van der Waals surface area (Å²) in [5, 5.41) is 20.5. The molecule has 1 saturated heterocycles. The molecule has 2 aromatic rings. The Balaban J connectivity index is 1.65. The lowest BCUT2D eigenvalue weighted by molar-refractivity contribution is -0.402. The quantitative estimate of drug-likeness (QED) is 0.685. The van der Waals surface area contributed by atoms with Crippen LogP contribution in [0.5, 0.6) is 5.75 Å². The number of anilines is 1. The summed E-state index contributed by atoms with van der Waals surface area (Å²) in [7, 11) is 0. The second kappa shape index (κ2) is 5.99. The first kappa shape index (κ1) is 14.9. The summed E-state index contributed by atoms with van der Waals surface area (Å²) >= 11 is 0. The number of amides is 1. The van der Waals surface area contributed by atoms with Gasteiger partial charge in [0, 0.05) is 26.2 Å². The third-order valence-corrected chi connectivity index (χ3v) is 3.77. The highest BCUT2D eigenvalue weighted by atomic mass is 16.6. The fraction of sp³-hybridized carbons (Fsp3) is 0.267. The maximum absolute atomic E-state index is 12.3. The molecule has 1 aliphatic rings. The summed E-state index contributed by atoms with van der Waals surface area (Å²) in [6.07, 6.45) is 0. The lowest BCUT2D eigenvalue weighted by Gasteiger charge is -2.35. The van der Waals surface area contributed by atoms with Crippen molar-refractivity contribution >= 4 is 17.5 Å². The van der Waals surface area contributed by atoms with Crippen molar-refractivity contribution in [1.82, 2.24) is 4.90 Å². The lowest BCUT2D eigenvalue weighted by atomic mass is 10.2. The van der Waals surface area contributed by atoms with Gasteiger partial charge in [-0.3, -0.25) is 14.9 Å². The molecule has 8 heteroatoms. The van der Waals surface area contributed by atoms with Crippen molar-refractivity contribution < 1.29 is 19.2 Å². The van der Waals surface area contributed by atoms with Crippen molar-refractivity contribution in [2.24, 2.45) is 0 Å². The Morgan fingerprint density at radius 3 is 2.43 bits per heavy atom. The van der Waals surface area contributed by atoms with E-state index in [0.717, 1.165) is 5.69 Å². The van der Waals surface area contributed by atoms with Crippen molar-refractivity contribution in [2.45, 2.75) is 0 Å². The van der Waals surface area contributed by atoms with Gasteiger partial charge in [0.05, 0.1) is 11.8 Å². The normalized spacial score (nSPS) is 14.8. The summed E-state index contributed by atoms with van der Waals surface area (Å²) in [4.78, 5) is 25.8. The van der Waals surface area contributed by atoms with Gasteiger partial charge in [-0.2, -0.15) is 0 Å². The first-order valence-corrected chi connectivity index (χ1v) is 7.12. The smallest absolute Gasteiger partial charge is 0.433 e. The number of nitro groups is 1. The molecule has 0 atom stereocenters. The maximum Gasteiger partial charge on any atom is 0.433 e. The zero-order valence-corrected chi connectivity index (χ0v) is 12.2. The molecule has 2 heterocycles. The van der Waals surface area contributed by atoms with Gasteiger partial charge in [-0.15, -0.1) is 0 Å². The van der Waals surface area contributed by atoms with Crippen LogP contribution in [-0.2, 0) is 0 Å². The van der Waals surface area contributed by atoms with Gasteiger partial charge in [-0.05, 0) is 18.2 Å². The average molecular weight is 317 g/mol. The molecule has 8 nitrogen and oxygen atoms in total. The fourth-order valence-electron chi connectivity index (χ4n) is 2.58. The zero-order chi connectivity index (χ0) is 16.4. The van der Waals surface area contributed by atoms with E-state index in [9.17, 15) is 20.0 Å². The number of hydrogen-bond acceptors (Lipinski definition) is 6. The van der Waals surface area contributed by atoms with Crippen molar-refractivity contribution in [3.05, 3.63) is 52.3 Å². The van der Waals surface area contributed by atoms with Gasteiger partial charge in [0.2, 0.25) is 0 Å². The van der Waals surface area contributed by atoms with Crippen LogP contribution in [-0.4, -0.2) is 47.0 Å². The van der Waals surface area contributed by atoms with Crippen LogP contribution in [0.15, 0.2) is 40.8 Å². The van der Waals surface area contributed by atoms with Crippen LogP contribution in [0.4, 0.5) is 11.6 Å². The molecule has 1 aromatic carbocycles. The monoisotopic (exact) mass is 317 g/mol. The van der Waals surface area contributed by atoms with Crippen LogP contribution in [0.25, 0.3) is 0 Å². The van der Waals surface area contributed by atoms with Crippen LogP contribution in [0, 0.1) is 10.1 Å². The molecule has 0 radical (unpaired) electrons. The predicted octanol–water partition coefficient (Wildman–Crippen LogP) is 1.86. The minimum absolute atomic E-state index is 0.0345. The molecular formula is C15H15N3O5. The molecule has 120 valence electrons. The second-order valence-corrected chi connectivity index (χ2v) is 5.16. The van der Waals surface area contributed by atoms with Gasteiger partial charge in [-0.25, -0.2) is 0 Å². The molecule has 1 aliphatic heterocycles. The number of aromatic hydroxyl groups is 1. The van der Waals surface area contributed by atoms with Crippen molar-refractivity contribution in [2.75, 3.05) is 31.1 Å². The highest BCUT2D eigenvalue weighted by Crippen LogP contribution is 2.27. The SMILES string of the molecule is O=C(c1ccc([N+](=O)[O-])o1)N1CCN(c2ccccc2O)CC1. The zero-order valence-electron chi connectivity index (χ0n) is 12.2. The Hall–Kier alpha value is -3.03. The van der Waals surface area contributed by atoms with Gasteiger partial charge in [0.1, 0.15) is 10.7 Å². The molecule has 1 fully saturated rings. The summed E-state index contributed by atoms with van der Waals surface area (Å²) in [6, 6.07) is 9.52. The van der Waals surface area contributed by atoms with Gasteiger partial charge in [0.25, 0.3) is 5.91 Å². The minimum atomic E-state index is -0.674. The Morgan fingerprint density at radius 1 is 1.13 bits per heavy atom. The summed E-state index contributed by atoms with van der Waals surface area (Å²) in [5.41, 5.74) is 0.730. The van der Waals surface area contributed by atoms with Crippen molar-refractivity contribution in [3.63, 3.8) is 0 Å². The van der Waals surface area contributed by atoms with E-state index in [1.165, 1.54) is 12.1 Å². The van der Waals surface area contributed by atoms with Crippen LogP contribution in [0.2, 0.25) is 0 Å². The number of nitrogens with zero attached hydrogens (tertiary/aromatic N) is 3. The number of carbonyl (C=O) groups excluding carboxylic acids is 1. The molecule has 1 N–H and O–H groups in total. The van der Waals surface area contributed by atoms with E-state index in [1.807, 2.05) is 17.0 Å². The van der Waals surface area contributed by atoms with Crippen LogP contribution in [0.1, 0.15) is 10.6 Å². The topological polar surface area (TPSA) is 100 Å². The molecule has 0 unspecified atom stereocenters. The van der Waals surface area contributed by atoms with E-state index in [4.69, 9.17) is 4.42 Å². The molecule has 23 heavy (non-hydrogen) atoms. The second-order valence-electron chi connectivity index (χ2n) is 5.16. The van der Waals surface area contributed by atoms with E-state index in [1.54, 1.807) is 17.0 Å². The van der Waals surface area contributed by atoms with Crippen LogP contribution in [0.3, 0.4) is 0 Å². The van der Waals surface area contributed by atoms with Gasteiger partial charge in [0.15, 0.2) is 5.76 Å². The highest BCUT2D eigenvalue weighted by molar-refractivity contribution is 5.92. The van der Waals surface area contributed by atoms with Gasteiger partial charge in [-0.1, -0.05) is 12.1 Å². The first-order chi connectivity index (χ1) is 11.1. The van der Waals surface area contributed by atoms with Gasteiger partial charge >= 0.3 is 5.88 Å². The maximum atomic E-state index is 12.3. The van der Waals surface area contributed by atoms with E-state index >= 15 is 0 Å². The summed E-state index contributed by atoms with van der Waals surface area (Å²) in [6.45, 7) is 2.02. The van der Waals surface area contributed by atoms with E-state index in [-0.39, 0.29) is 17.4 Å². The minimum Gasteiger partial charge on any atom is -0.506 e. The predicted molar refractivity (Wildman–Crippen MR) is 81.6 cm³/mol. The number of furan rings is 1. The number of phenols is 1. The number of para-hydroxylation sites is 2. The Bertz CT molecular complexity index is 734. The average Bonchev–Trinajstić information content (AvgIpc) is 3.05. The summed E-state index contributed by atoms with van der Waals surface area (Å²) < 4.78 is 4.95. The Labute approximate surface area is 131 Å². The third-order valence-electron chi connectivity index (χ3n) is 3.77. The summed E-state index contributed by atoms with van der Waals surface area (Å²) in [5.74, 6) is -0.641. The Kier molecular flexibility index (Phi) is 3.88. The van der Waals surface area contributed by atoms with Gasteiger partial charge < -0.3 is 19.3 Å². The molecule has 0 spiro atoms. The molecule has 1 aromatic heterocycles. The molecule has 1 amide bonds. The van der Waals surface area contributed by atoms with E-state index in [0.29, 0.717) is 26.2 Å². The molecule has 0 saturated carbocycles. The van der Waals surface area contributed by atoms with Crippen molar-refractivity contribution in [3.8, 4) is 5.75 Å². The molecule has 0 aliphatic carbocycles. The number of benzene rings is 1. The van der Waals surface area contributed by atoms with Crippen LogP contribution < -0.4 is 4.90 Å². The first-order valence-electron chi connectivity index (χ1n) is 7.12. The molecule has 0 bridgehead atoms. The van der Waals surface area contributed by atoms with Crippen LogP contribution >= 0.6 is 0 Å². The molecular weight excluding hydrogens is 302 g/mol. The largest absolute Gasteiger partial charge is 0.506 e. The molecule has 3 rings (SSSR count). The fourth-order valence-corrected chi connectivity index (χ4v) is 2.58. The third kappa shape index (κ3) is 2.96. The highest BCUT2D eigenvalue weighted by Gasteiger charge is 2.26. The Morgan fingerprint density at radius 2 is 1.83 bits per heavy atom. The lowest BCUT2D eigenvalue weighted by Crippen LogP contribution is -2.48. The number of carbonyl (C=O) groups is 1. The van der Waals surface area contributed by atoms with E-state index in [2.05, 4.69) is 0 Å². The number of rotatable bonds is 3. The number of phenolic OH excluding ortho intramolecular Hbond substituents is 1. The standard InChI is InChI=1S/C15H15N3O5/c19-12-4-2-1-3-11(12)16-7-9-17(10-8-16)15(20)13-5-6-14(23-13)18(21)22/h1-6,19H,7-10H2.